The lowest BCUT2D eigenvalue weighted by Crippen LogP contribution is -2.48. The first-order chi connectivity index (χ1) is 14.5. The Bertz CT molecular complexity index is 970. The Morgan fingerprint density at radius 2 is 2.03 bits per heavy atom. The normalized spacial score (nSPS) is 18.5. The Balaban J connectivity index is 1.62. The minimum atomic E-state index is -0.276. The summed E-state index contributed by atoms with van der Waals surface area (Å²) in [5.74, 6) is 0.0327. The van der Waals surface area contributed by atoms with Crippen LogP contribution in [0.5, 0.6) is 0 Å². The van der Waals surface area contributed by atoms with Gasteiger partial charge in [-0.25, -0.2) is 0 Å². The molecule has 0 bridgehead atoms. The van der Waals surface area contributed by atoms with Crippen LogP contribution in [-0.4, -0.2) is 41.2 Å². The van der Waals surface area contributed by atoms with Gasteiger partial charge >= 0.3 is 0 Å². The maximum Gasteiger partial charge on any atom is 0.243 e. The standard InChI is InChI=1S/C23H24Cl2N2O2S/c1-2-10-26(23(29)15-4-3-5-15)14-21(28)27-11-8-20-18(9-12-30-20)22(27)17-7-6-16(24)13-19(17)25/h2,6-7,9,12-13,15,22H,1,3-5,8,10-11,14H2. The topological polar surface area (TPSA) is 40.6 Å². The van der Waals surface area contributed by atoms with E-state index in [1.807, 2.05) is 11.0 Å². The number of carbonyl (C=O) groups excluding carboxylic acids is 2. The molecule has 1 atom stereocenters. The number of carbonyl (C=O) groups is 2. The van der Waals surface area contributed by atoms with Gasteiger partial charge in [-0.05, 0) is 54.0 Å². The van der Waals surface area contributed by atoms with Gasteiger partial charge in [0.1, 0.15) is 6.54 Å². The highest BCUT2D eigenvalue weighted by molar-refractivity contribution is 7.10. The molecule has 1 saturated carbocycles. The van der Waals surface area contributed by atoms with Crippen molar-refractivity contribution >= 4 is 46.4 Å². The molecule has 0 radical (unpaired) electrons. The van der Waals surface area contributed by atoms with Gasteiger partial charge in [0.05, 0.1) is 6.04 Å². The molecule has 1 fully saturated rings. The van der Waals surface area contributed by atoms with Crippen LogP contribution in [0.1, 0.15) is 41.3 Å². The molecule has 4 nitrogen and oxygen atoms in total. The first-order valence-corrected chi connectivity index (χ1v) is 11.8. The second-order valence-electron chi connectivity index (χ2n) is 7.84. The van der Waals surface area contributed by atoms with Crippen molar-refractivity contribution in [1.82, 2.24) is 9.80 Å². The molecule has 2 aliphatic rings. The SMILES string of the molecule is C=CCN(CC(=O)N1CCc2sccc2C1c1ccc(Cl)cc1Cl)C(=O)C1CCC1. The third kappa shape index (κ3) is 4.16. The molecule has 1 aliphatic carbocycles. The number of rotatable bonds is 6. The number of benzene rings is 1. The number of nitrogens with zero attached hydrogens (tertiary/aromatic N) is 2. The number of fused-ring (bicyclic) bond motifs is 1. The predicted molar refractivity (Wildman–Crippen MR) is 122 cm³/mol. The molecule has 30 heavy (non-hydrogen) atoms. The summed E-state index contributed by atoms with van der Waals surface area (Å²) in [5, 5.41) is 3.16. The van der Waals surface area contributed by atoms with Crippen molar-refractivity contribution in [3.8, 4) is 0 Å². The molecule has 1 aromatic heterocycles. The van der Waals surface area contributed by atoms with Crippen LogP contribution in [-0.2, 0) is 16.0 Å². The fourth-order valence-corrected chi connectivity index (χ4v) is 5.62. The summed E-state index contributed by atoms with van der Waals surface area (Å²) in [6.45, 7) is 4.79. The predicted octanol–water partition coefficient (Wildman–Crippen LogP) is 5.34. The Morgan fingerprint density at radius 3 is 2.70 bits per heavy atom. The molecule has 2 amide bonds. The first kappa shape index (κ1) is 21.4. The fourth-order valence-electron chi connectivity index (χ4n) is 4.20. The molecule has 1 unspecified atom stereocenters. The van der Waals surface area contributed by atoms with Crippen LogP contribution >= 0.6 is 34.5 Å². The molecule has 0 saturated heterocycles. The van der Waals surface area contributed by atoms with Crippen molar-refractivity contribution in [1.29, 1.82) is 0 Å². The van der Waals surface area contributed by atoms with E-state index < -0.39 is 0 Å². The quantitative estimate of drug-likeness (QED) is 0.543. The largest absolute Gasteiger partial charge is 0.330 e. The minimum absolute atomic E-state index is 0.0455. The highest BCUT2D eigenvalue weighted by Gasteiger charge is 2.36. The van der Waals surface area contributed by atoms with E-state index in [1.54, 1.807) is 34.4 Å². The van der Waals surface area contributed by atoms with E-state index in [-0.39, 0.29) is 30.3 Å². The Hall–Kier alpha value is -1.82. The van der Waals surface area contributed by atoms with Crippen molar-refractivity contribution in [2.75, 3.05) is 19.6 Å². The van der Waals surface area contributed by atoms with Crippen molar-refractivity contribution in [2.24, 2.45) is 5.92 Å². The van der Waals surface area contributed by atoms with Crippen molar-refractivity contribution in [3.63, 3.8) is 0 Å². The molecule has 7 heteroatoms. The highest BCUT2D eigenvalue weighted by atomic mass is 35.5. The van der Waals surface area contributed by atoms with Crippen LogP contribution in [0, 0.1) is 5.92 Å². The maximum atomic E-state index is 13.4. The lowest BCUT2D eigenvalue weighted by molar-refractivity contribution is -0.145. The third-order valence-electron chi connectivity index (χ3n) is 5.99. The summed E-state index contributed by atoms with van der Waals surface area (Å²) in [4.78, 5) is 31.0. The van der Waals surface area contributed by atoms with Crippen LogP contribution in [0.4, 0.5) is 0 Å². The van der Waals surface area contributed by atoms with E-state index >= 15 is 0 Å². The van der Waals surface area contributed by atoms with E-state index in [4.69, 9.17) is 23.2 Å². The second-order valence-corrected chi connectivity index (χ2v) is 9.68. The molecular weight excluding hydrogens is 439 g/mol. The summed E-state index contributed by atoms with van der Waals surface area (Å²) in [6.07, 6.45) is 5.39. The van der Waals surface area contributed by atoms with E-state index in [9.17, 15) is 9.59 Å². The molecule has 2 heterocycles. The molecule has 1 aliphatic heterocycles. The van der Waals surface area contributed by atoms with Crippen LogP contribution in [0.15, 0.2) is 42.3 Å². The maximum absolute atomic E-state index is 13.4. The van der Waals surface area contributed by atoms with Gasteiger partial charge in [0.2, 0.25) is 11.8 Å². The van der Waals surface area contributed by atoms with Crippen LogP contribution < -0.4 is 0 Å². The average molecular weight is 463 g/mol. The van der Waals surface area contributed by atoms with Gasteiger partial charge in [-0.2, -0.15) is 0 Å². The van der Waals surface area contributed by atoms with Gasteiger partial charge in [-0.15, -0.1) is 17.9 Å². The summed E-state index contributed by atoms with van der Waals surface area (Å²) in [5.41, 5.74) is 1.96. The van der Waals surface area contributed by atoms with E-state index in [0.717, 1.165) is 36.8 Å². The third-order valence-corrected chi connectivity index (χ3v) is 7.54. The zero-order valence-corrected chi connectivity index (χ0v) is 19.0. The minimum Gasteiger partial charge on any atom is -0.330 e. The van der Waals surface area contributed by atoms with Crippen molar-refractivity contribution in [2.45, 2.75) is 31.7 Å². The number of amides is 2. The fraction of sp³-hybridized carbons (Fsp3) is 0.391. The number of halogens is 2. The van der Waals surface area contributed by atoms with E-state index in [2.05, 4.69) is 18.0 Å². The summed E-state index contributed by atoms with van der Waals surface area (Å²) in [7, 11) is 0. The molecule has 158 valence electrons. The van der Waals surface area contributed by atoms with E-state index in [1.165, 1.54) is 4.88 Å². The molecule has 0 N–H and O–H groups in total. The van der Waals surface area contributed by atoms with Gasteiger partial charge in [0.25, 0.3) is 0 Å². The molecule has 4 rings (SSSR count). The first-order valence-electron chi connectivity index (χ1n) is 10.2. The van der Waals surface area contributed by atoms with Crippen LogP contribution in [0.2, 0.25) is 10.0 Å². The molecule has 2 aromatic rings. The average Bonchev–Trinajstić information content (AvgIpc) is 3.14. The Kier molecular flexibility index (Phi) is 6.51. The van der Waals surface area contributed by atoms with Gasteiger partial charge in [0, 0.05) is 33.9 Å². The van der Waals surface area contributed by atoms with Crippen molar-refractivity contribution < 1.29 is 9.59 Å². The smallest absolute Gasteiger partial charge is 0.243 e. The second kappa shape index (κ2) is 9.13. The van der Waals surface area contributed by atoms with Gasteiger partial charge in [-0.3, -0.25) is 9.59 Å². The molecule has 0 spiro atoms. The Morgan fingerprint density at radius 1 is 1.23 bits per heavy atom. The number of thiophene rings is 1. The van der Waals surface area contributed by atoms with Gasteiger partial charge in [0.15, 0.2) is 0 Å². The van der Waals surface area contributed by atoms with Crippen molar-refractivity contribution in [3.05, 3.63) is 68.3 Å². The zero-order chi connectivity index (χ0) is 21.3. The number of hydrogen-bond donors (Lipinski definition) is 0. The summed E-state index contributed by atoms with van der Waals surface area (Å²) in [6, 6.07) is 7.20. The summed E-state index contributed by atoms with van der Waals surface area (Å²) < 4.78 is 0. The zero-order valence-electron chi connectivity index (χ0n) is 16.7. The highest BCUT2D eigenvalue weighted by Crippen LogP contribution is 2.41. The molecule has 1 aromatic carbocycles. The Labute approximate surface area is 191 Å². The number of hydrogen-bond acceptors (Lipinski definition) is 3. The lowest BCUT2D eigenvalue weighted by Gasteiger charge is -2.38. The van der Waals surface area contributed by atoms with Crippen LogP contribution in [0.25, 0.3) is 0 Å². The van der Waals surface area contributed by atoms with Gasteiger partial charge in [-0.1, -0.05) is 41.8 Å². The summed E-state index contributed by atoms with van der Waals surface area (Å²) >= 11 is 14.4. The lowest BCUT2D eigenvalue weighted by atomic mass is 9.84. The van der Waals surface area contributed by atoms with Gasteiger partial charge < -0.3 is 9.80 Å². The monoisotopic (exact) mass is 462 g/mol. The van der Waals surface area contributed by atoms with E-state index in [0.29, 0.717) is 23.1 Å². The van der Waals surface area contributed by atoms with Crippen LogP contribution in [0.3, 0.4) is 0 Å². The molecular formula is C23H24Cl2N2O2S.